The van der Waals surface area contributed by atoms with Crippen LogP contribution in [0.25, 0.3) is 0 Å². The van der Waals surface area contributed by atoms with Crippen molar-refractivity contribution in [3.63, 3.8) is 0 Å². The van der Waals surface area contributed by atoms with Crippen LogP contribution in [0.5, 0.6) is 5.88 Å². The predicted octanol–water partition coefficient (Wildman–Crippen LogP) is 2.11. The summed E-state index contributed by atoms with van der Waals surface area (Å²) in [6.45, 7) is 4.11. The highest BCUT2D eigenvalue weighted by molar-refractivity contribution is 6.33. The SMILES string of the molecule is C=CCCN(C)C(=O)c1c(CC(=O)OC)cc(OC)nc1Cl. The monoisotopic (exact) mass is 326 g/mol. The molecular weight excluding hydrogens is 308 g/mol. The lowest BCUT2D eigenvalue weighted by atomic mass is 10.1. The first-order valence-electron chi connectivity index (χ1n) is 6.61. The summed E-state index contributed by atoms with van der Waals surface area (Å²) in [5, 5.41) is -0.00583. The molecule has 22 heavy (non-hydrogen) atoms. The Bertz CT molecular complexity index is 575. The summed E-state index contributed by atoms with van der Waals surface area (Å²) in [5.41, 5.74) is 0.596. The molecule has 0 aliphatic heterocycles. The molecule has 7 heteroatoms. The molecule has 0 saturated heterocycles. The van der Waals surface area contributed by atoms with Gasteiger partial charge in [-0.05, 0) is 12.0 Å². The molecule has 1 aromatic rings. The van der Waals surface area contributed by atoms with E-state index in [2.05, 4.69) is 16.3 Å². The second kappa shape index (κ2) is 8.38. The van der Waals surface area contributed by atoms with E-state index in [0.29, 0.717) is 18.5 Å². The first-order valence-corrected chi connectivity index (χ1v) is 6.99. The van der Waals surface area contributed by atoms with E-state index in [9.17, 15) is 9.59 Å². The van der Waals surface area contributed by atoms with E-state index in [4.69, 9.17) is 16.3 Å². The summed E-state index contributed by atoms with van der Waals surface area (Å²) in [5.74, 6) is -0.567. The molecule has 0 radical (unpaired) electrons. The molecule has 0 atom stereocenters. The maximum Gasteiger partial charge on any atom is 0.310 e. The number of ether oxygens (including phenoxy) is 2. The van der Waals surface area contributed by atoms with Crippen molar-refractivity contribution < 1.29 is 19.1 Å². The third kappa shape index (κ3) is 4.46. The van der Waals surface area contributed by atoms with Crippen molar-refractivity contribution in [3.05, 3.63) is 35.0 Å². The molecule has 1 rings (SSSR count). The summed E-state index contributed by atoms with van der Waals surface area (Å²) in [6, 6.07) is 1.51. The van der Waals surface area contributed by atoms with Crippen LogP contribution in [0.2, 0.25) is 5.15 Å². The van der Waals surface area contributed by atoms with Gasteiger partial charge in [0.25, 0.3) is 5.91 Å². The van der Waals surface area contributed by atoms with Crippen LogP contribution < -0.4 is 4.74 Å². The summed E-state index contributed by atoms with van der Waals surface area (Å²) in [7, 11) is 4.35. The molecule has 1 amide bonds. The second-order valence-electron chi connectivity index (χ2n) is 4.55. The molecule has 0 saturated carbocycles. The Balaban J connectivity index is 3.22. The fourth-order valence-corrected chi connectivity index (χ4v) is 2.10. The van der Waals surface area contributed by atoms with Crippen LogP contribution in [0.4, 0.5) is 0 Å². The minimum atomic E-state index is -0.480. The number of nitrogens with zero attached hydrogens (tertiary/aromatic N) is 2. The molecule has 120 valence electrons. The van der Waals surface area contributed by atoms with Crippen LogP contribution in [0.3, 0.4) is 0 Å². The number of hydrogen-bond donors (Lipinski definition) is 0. The van der Waals surface area contributed by atoms with Gasteiger partial charge in [0.05, 0.1) is 26.2 Å². The minimum absolute atomic E-state index is 0.00583. The van der Waals surface area contributed by atoms with Crippen molar-refractivity contribution in [1.29, 1.82) is 0 Å². The van der Waals surface area contributed by atoms with E-state index in [1.165, 1.54) is 25.2 Å². The summed E-state index contributed by atoms with van der Waals surface area (Å²) in [6.07, 6.45) is 2.27. The van der Waals surface area contributed by atoms with Gasteiger partial charge in [-0.15, -0.1) is 6.58 Å². The van der Waals surface area contributed by atoms with Gasteiger partial charge in [0.2, 0.25) is 5.88 Å². The van der Waals surface area contributed by atoms with E-state index < -0.39 is 5.97 Å². The average Bonchev–Trinajstić information content (AvgIpc) is 2.51. The molecule has 0 unspecified atom stereocenters. The lowest BCUT2D eigenvalue weighted by molar-refractivity contribution is -0.139. The minimum Gasteiger partial charge on any atom is -0.481 e. The number of hydrogen-bond acceptors (Lipinski definition) is 5. The van der Waals surface area contributed by atoms with Gasteiger partial charge >= 0.3 is 5.97 Å². The number of carbonyl (C=O) groups is 2. The number of halogens is 1. The van der Waals surface area contributed by atoms with E-state index in [1.807, 2.05) is 0 Å². The Hall–Kier alpha value is -2.08. The number of carbonyl (C=O) groups excluding carboxylic acids is 2. The second-order valence-corrected chi connectivity index (χ2v) is 4.90. The fourth-order valence-electron chi connectivity index (χ4n) is 1.81. The number of methoxy groups -OCH3 is 2. The fraction of sp³-hybridized carbons (Fsp3) is 0.400. The lowest BCUT2D eigenvalue weighted by Crippen LogP contribution is -2.29. The molecule has 1 aromatic heterocycles. The zero-order valence-electron chi connectivity index (χ0n) is 12.9. The average molecular weight is 327 g/mol. The van der Waals surface area contributed by atoms with Gasteiger partial charge in [-0.2, -0.15) is 0 Å². The van der Waals surface area contributed by atoms with Crippen molar-refractivity contribution >= 4 is 23.5 Å². The van der Waals surface area contributed by atoms with Crippen LogP contribution >= 0.6 is 11.6 Å². The van der Waals surface area contributed by atoms with Crippen LogP contribution in [-0.2, 0) is 16.0 Å². The Kier molecular flexibility index (Phi) is 6.85. The van der Waals surface area contributed by atoms with Gasteiger partial charge in [0.1, 0.15) is 5.15 Å². The van der Waals surface area contributed by atoms with Crippen LogP contribution in [0, 0.1) is 0 Å². The van der Waals surface area contributed by atoms with Crippen molar-refractivity contribution in [1.82, 2.24) is 9.88 Å². The van der Waals surface area contributed by atoms with Crippen LogP contribution in [0.15, 0.2) is 18.7 Å². The third-order valence-electron chi connectivity index (χ3n) is 3.03. The molecular formula is C15H19ClN2O4. The van der Waals surface area contributed by atoms with Gasteiger partial charge < -0.3 is 14.4 Å². The van der Waals surface area contributed by atoms with Crippen LogP contribution in [-0.4, -0.2) is 49.6 Å². The zero-order chi connectivity index (χ0) is 16.7. The molecule has 1 heterocycles. The van der Waals surface area contributed by atoms with Crippen LogP contribution in [0.1, 0.15) is 22.3 Å². The van der Waals surface area contributed by atoms with Crippen molar-refractivity contribution in [3.8, 4) is 5.88 Å². The number of esters is 1. The smallest absolute Gasteiger partial charge is 0.310 e. The van der Waals surface area contributed by atoms with E-state index in [-0.39, 0.29) is 28.9 Å². The Labute approximate surface area is 134 Å². The first kappa shape index (κ1) is 18.0. The van der Waals surface area contributed by atoms with E-state index >= 15 is 0 Å². The van der Waals surface area contributed by atoms with E-state index in [1.54, 1.807) is 13.1 Å². The highest BCUT2D eigenvalue weighted by Gasteiger charge is 2.23. The Morgan fingerprint density at radius 2 is 2.14 bits per heavy atom. The quantitative estimate of drug-likeness (QED) is 0.436. The number of aromatic nitrogens is 1. The zero-order valence-corrected chi connectivity index (χ0v) is 13.6. The molecule has 0 aliphatic carbocycles. The number of rotatable bonds is 7. The van der Waals surface area contributed by atoms with Gasteiger partial charge in [0.15, 0.2) is 0 Å². The highest BCUT2D eigenvalue weighted by Crippen LogP contribution is 2.25. The van der Waals surface area contributed by atoms with Gasteiger partial charge in [0, 0.05) is 19.7 Å². The van der Waals surface area contributed by atoms with Gasteiger partial charge in [-0.3, -0.25) is 9.59 Å². The first-order chi connectivity index (χ1) is 10.4. The Morgan fingerprint density at radius 3 is 2.68 bits per heavy atom. The molecule has 0 aromatic carbocycles. The lowest BCUT2D eigenvalue weighted by Gasteiger charge is -2.19. The molecule has 6 nitrogen and oxygen atoms in total. The maximum atomic E-state index is 12.5. The van der Waals surface area contributed by atoms with Gasteiger partial charge in [-0.25, -0.2) is 4.98 Å². The summed E-state index contributed by atoms with van der Waals surface area (Å²) in [4.78, 5) is 29.6. The summed E-state index contributed by atoms with van der Waals surface area (Å²) < 4.78 is 9.67. The molecule has 0 aliphatic rings. The normalized spacial score (nSPS) is 10.0. The largest absolute Gasteiger partial charge is 0.481 e. The topological polar surface area (TPSA) is 68.7 Å². The predicted molar refractivity (Wildman–Crippen MR) is 83.3 cm³/mol. The highest BCUT2D eigenvalue weighted by atomic mass is 35.5. The van der Waals surface area contributed by atoms with Crippen molar-refractivity contribution in [2.24, 2.45) is 0 Å². The van der Waals surface area contributed by atoms with Crippen molar-refractivity contribution in [2.45, 2.75) is 12.8 Å². The number of pyridine rings is 1. The molecule has 0 N–H and O–H groups in total. The Morgan fingerprint density at radius 1 is 1.45 bits per heavy atom. The third-order valence-corrected chi connectivity index (χ3v) is 3.31. The number of amides is 1. The maximum absolute atomic E-state index is 12.5. The standard InChI is InChI=1S/C15H19ClN2O4/c1-5-6-7-18(2)15(20)13-10(9-12(19)22-4)8-11(21-3)17-14(13)16/h5,8H,1,6-7,9H2,2-4H3. The van der Waals surface area contributed by atoms with Crippen molar-refractivity contribution in [2.75, 3.05) is 27.8 Å². The molecule has 0 bridgehead atoms. The van der Waals surface area contributed by atoms with Gasteiger partial charge in [-0.1, -0.05) is 17.7 Å². The van der Waals surface area contributed by atoms with E-state index in [0.717, 1.165) is 0 Å². The molecule has 0 fully saturated rings. The molecule has 0 spiro atoms. The summed E-state index contributed by atoms with van der Waals surface area (Å²) >= 11 is 6.10.